The smallest absolute Gasteiger partial charge is 0.233 e. The Morgan fingerprint density at radius 2 is 2.12 bits per heavy atom. The summed E-state index contributed by atoms with van der Waals surface area (Å²) in [5.74, 6) is 0.504. The molecule has 0 radical (unpaired) electrons. The number of benzene rings is 1. The molecule has 1 aliphatic rings. The normalized spacial score (nSPS) is 15.4. The molecule has 0 saturated heterocycles. The maximum absolute atomic E-state index is 12.5. The summed E-state index contributed by atoms with van der Waals surface area (Å²) in [6, 6.07) is 8.38. The number of amides is 1. The average Bonchev–Trinajstić information content (AvgIpc) is 3.08. The number of aryl methyl sites for hydroxylation is 1. The summed E-state index contributed by atoms with van der Waals surface area (Å²) in [5, 5.41) is 12.5. The highest BCUT2D eigenvalue weighted by Gasteiger charge is 2.22. The van der Waals surface area contributed by atoms with Crippen molar-refractivity contribution in [3.05, 3.63) is 29.8 Å². The monoisotopic (exact) mass is 345 g/mol. The molecule has 1 aromatic heterocycles. The van der Waals surface area contributed by atoms with Crippen molar-refractivity contribution in [1.29, 1.82) is 0 Å². The molecule has 0 unspecified atom stereocenters. The van der Waals surface area contributed by atoms with Crippen LogP contribution in [0.5, 0.6) is 0 Å². The molecule has 7 heteroatoms. The van der Waals surface area contributed by atoms with Crippen LogP contribution in [0.3, 0.4) is 0 Å². The zero-order chi connectivity index (χ0) is 16.9. The summed E-state index contributed by atoms with van der Waals surface area (Å²) in [4.78, 5) is 14.4. The molecular weight excluding hydrogens is 322 g/mol. The fraction of sp³-hybridized carbons (Fsp3) is 0.529. The first-order valence-electron chi connectivity index (χ1n) is 8.39. The van der Waals surface area contributed by atoms with Crippen LogP contribution >= 0.6 is 11.8 Å². The molecule has 2 aromatic rings. The van der Waals surface area contributed by atoms with Crippen LogP contribution in [-0.2, 0) is 4.79 Å². The maximum Gasteiger partial charge on any atom is 0.233 e. The second kappa shape index (κ2) is 7.79. The summed E-state index contributed by atoms with van der Waals surface area (Å²) >= 11 is 1.39. The van der Waals surface area contributed by atoms with Crippen LogP contribution in [0, 0.1) is 6.92 Å². The third-order valence-electron chi connectivity index (χ3n) is 4.53. The molecule has 24 heavy (non-hydrogen) atoms. The van der Waals surface area contributed by atoms with Crippen LogP contribution in [0.4, 0.5) is 0 Å². The predicted molar refractivity (Wildman–Crippen MR) is 94.3 cm³/mol. The molecule has 0 atom stereocenters. The summed E-state index contributed by atoms with van der Waals surface area (Å²) in [6.45, 7) is 2.03. The van der Waals surface area contributed by atoms with E-state index in [0.717, 1.165) is 24.1 Å². The first-order chi connectivity index (χ1) is 11.6. The Morgan fingerprint density at radius 3 is 2.88 bits per heavy atom. The Bertz CT molecular complexity index is 696. The number of nitrogens with zero attached hydrogens (tertiary/aromatic N) is 5. The van der Waals surface area contributed by atoms with Crippen molar-refractivity contribution in [2.45, 2.75) is 50.2 Å². The molecule has 0 spiro atoms. The van der Waals surface area contributed by atoms with Crippen molar-refractivity contribution >= 4 is 17.7 Å². The fourth-order valence-electron chi connectivity index (χ4n) is 3.09. The van der Waals surface area contributed by atoms with Crippen LogP contribution < -0.4 is 0 Å². The number of tetrazole rings is 1. The van der Waals surface area contributed by atoms with Gasteiger partial charge in [0, 0.05) is 13.1 Å². The molecule has 1 heterocycles. The van der Waals surface area contributed by atoms with Crippen molar-refractivity contribution in [2.75, 3.05) is 12.8 Å². The van der Waals surface area contributed by atoms with Crippen molar-refractivity contribution in [2.24, 2.45) is 0 Å². The van der Waals surface area contributed by atoms with E-state index in [-0.39, 0.29) is 5.91 Å². The Kier molecular flexibility index (Phi) is 5.50. The first kappa shape index (κ1) is 17.0. The lowest BCUT2D eigenvalue weighted by Crippen LogP contribution is -2.39. The Hall–Kier alpha value is -1.89. The maximum atomic E-state index is 12.5. The Morgan fingerprint density at radius 1 is 1.33 bits per heavy atom. The van der Waals surface area contributed by atoms with E-state index >= 15 is 0 Å². The summed E-state index contributed by atoms with van der Waals surface area (Å²) in [5.41, 5.74) is 2.06. The number of rotatable bonds is 5. The predicted octanol–water partition coefficient (Wildman–Crippen LogP) is 2.85. The van der Waals surface area contributed by atoms with Gasteiger partial charge in [-0.3, -0.25) is 4.79 Å². The topological polar surface area (TPSA) is 63.9 Å². The molecule has 1 saturated carbocycles. The van der Waals surface area contributed by atoms with Crippen LogP contribution in [0.15, 0.2) is 29.4 Å². The van der Waals surface area contributed by atoms with Crippen molar-refractivity contribution < 1.29 is 4.79 Å². The van der Waals surface area contributed by atoms with Gasteiger partial charge in [0.25, 0.3) is 0 Å². The van der Waals surface area contributed by atoms with E-state index in [1.54, 1.807) is 4.68 Å². The highest BCUT2D eigenvalue weighted by molar-refractivity contribution is 7.99. The molecule has 0 bridgehead atoms. The van der Waals surface area contributed by atoms with E-state index in [9.17, 15) is 4.79 Å². The van der Waals surface area contributed by atoms with Gasteiger partial charge in [-0.1, -0.05) is 43.2 Å². The third kappa shape index (κ3) is 3.95. The minimum absolute atomic E-state index is 0.144. The van der Waals surface area contributed by atoms with E-state index in [0.29, 0.717) is 17.0 Å². The third-order valence-corrected chi connectivity index (χ3v) is 5.43. The van der Waals surface area contributed by atoms with Gasteiger partial charge in [-0.2, -0.15) is 4.68 Å². The molecule has 1 amide bonds. The SMILES string of the molecule is Cc1cccc(-n2nnnc2SCC(=O)N(C)C2CCCCC2)c1. The van der Waals surface area contributed by atoms with E-state index in [2.05, 4.69) is 15.5 Å². The number of hydrogen-bond donors (Lipinski definition) is 0. The van der Waals surface area contributed by atoms with E-state index < -0.39 is 0 Å². The standard InChI is InChI=1S/C17H23N5OS/c1-13-7-6-10-15(11-13)22-17(18-19-20-22)24-12-16(23)21(2)14-8-4-3-5-9-14/h6-7,10-11,14H,3-5,8-9,12H2,1-2H3. The van der Waals surface area contributed by atoms with Gasteiger partial charge < -0.3 is 4.90 Å². The van der Waals surface area contributed by atoms with Gasteiger partial charge in [0.15, 0.2) is 0 Å². The van der Waals surface area contributed by atoms with Gasteiger partial charge in [-0.25, -0.2) is 0 Å². The second-order valence-corrected chi connectivity index (χ2v) is 7.24. The van der Waals surface area contributed by atoms with Gasteiger partial charge >= 0.3 is 0 Å². The lowest BCUT2D eigenvalue weighted by Gasteiger charge is -2.31. The van der Waals surface area contributed by atoms with E-state index in [1.165, 1.54) is 31.0 Å². The van der Waals surface area contributed by atoms with Crippen LogP contribution in [0.1, 0.15) is 37.7 Å². The number of hydrogen-bond acceptors (Lipinski definition) is 5. The lowest BCUT2D eigenvalue weighted by atomic mass is 9.94. The number of carbonyl (C=O) groups is 1. The molecule has 1 aliphatic carbocycles. The molecule has 6 nitrogen and oxygen atoms in total. The number of thioether (sulfide) groups is 1. The largest absolute Gasteiger partial charge is 0.342 e. The first-order valence-corrected chi connectivity index (χ1v) is 9.37. The minimum atomic E-state index is 0.144. The van der Waals surface area contributed by atoms with Crippen LogP contribution in [0.25, 0.3) is 5.69 Å². The van der Waals surface area contributed by atoms with E-state index in [4.69, 9.17) is 0 Å². The highest BCUT2D eigenvalue weighted by atomic mass is 32.2. The van der Waals surface area contributed by atoms with Gasteiger partial charge in [0.1, 0.15) is 0 Å². The summed E-state index contributed by atoms with van der Waals surface area (Å²) in [7, 11) is 1.92. The van der Waals surface area contributed by atoms with Gasteiger partial charge in [0.05, 0.1) is 11.4 Å². The number of carbonyl (C=O) groups excluding carboxylic acids is 1. The molecule has 1 fully saturated rings. The van der Waals surface area contributed by atoms with Gasteiger partial charge in [0.2, 0.25) is 11.1 Å². The summed E-state index contributed by atoms with van der Waals surface area (Å²) in [6.07, 6.45) is 5.97. The average molecular weight is 345 g/mol. The van der Waals surface area contributed by atoms with Crippen LogP contribution in [0.2, 0.25) is 0 Å². The molecule has 0 aliphatic heterocycles. The molecular formula is C17H23N5OS. The summed E-state index contributed by atoms with van der Waals surface area (Å²) < 4.78 is 1.69. The van der Waals surface area contributed by atoms with E-state index in [1.807, 2.05) is 43.1 Å². The molecule has 3 rings (SSSR count). The quantitative estimate of drug-likeness (QED) is 0.780. The minimum Gasteiger partial charge on any atom is -0.342 e. The highest BCUT2D eigenvalue weighted by Crippen LogP contribution is 2.23. The number of aromatic nitrogens is 4. The fourth-order valence-corrected chi connectivity index (χ4v) is 3.91. The molecule has 1 aromatic carbocycles. The zero-order valence-electron chi connectivity index (χ0n) is 14.2. The van der Waals surface area contributed by atoms with Crippen molar-refractivity contribution in [3.63, 3.8) is 0 Å². The van der Waals surface area contributed by atoms with Gasteiger partial charge in [-0.05, 0) is 47.9 Å². The molecule has 128 valence electrons. The second-order valence-electron chi connectivity index (χ2n) is 6.30. The molecule has 0 N–H and O–H groups in total. The lowest BCUT2D eigenvalue weighted by molar-refractivity contribution is -0.129. The van der Waals surface area contributed by atoms with Crippen LogP contribution in [-0.4, -0.2) is 49.9 Å². The Labute approximate surface area is 146 Å². The zero-order valence-corrected chi connectivity index (χ0v) is 15.0. The van der Waals surface area contributed by atoms with Gasteiger partial charge in [-0.15, -0.1) is 5.10 Å². The van der Waals surface area contributed by atoms with Crippen molar-refractivity contribution in [3.8, 4) is 5.69 Å². The Balaban J connectivity index is 1.63. The van der Waals surface area contributed by atoms with Crippen molar-refractivity contribution in [1.82, 2.24) is 25.1 Å².